The van der Waals surface area contributed by atoms with Crippen LogP contribution in [0.15, 0.2) is 170 Å². The number of pyridine rings is 2. The quantitative estimate of drug-likeness (QED) is 0.196. The number of nitrogens with zero attached hydrogens (tertiary/aromatic N) is 2. The molecule has 8 aromatic rings. The van der Waals surface area contributed by atoms with E-state index in [9.17, 15) is 0 Å². The summed E-state index contributed by atoms with van der Waals surface area (Å²) in [4.78, 5) is 9.09. The van der Waals surface area contributed by atoms with Gasteiger partial charge >= 0.3 is 0 Å². The molecule has 206 valence electrons. The van der Waals surface area contributed by atoms with Crippen molar-refractivity contribution >= 4 is 21.5 Å². The third-order valence-electron chi connectivity index (χ3n) is 8.39. The summed E-state index contributed by atoms with van der Waals surface area (Å²) < 4.78 is 0. The van der Waals surface area contributed by atoms with Crippen LogP contribution in [-0.2, 0) is 0 Å². The maximum atomic E-state index is 4.67. The fraction of sp³-hybridized carbons (Fsp3) is 0. The van der Waals surface area contributed by atoms with Gasteiger partial charge in [0, 0.05) is 18.0 Å². The van der Waals surface area contributed by atoms with Crippen LogP contribution in [0.1, 0.15) is 0 Å². The highest BCUT2D eigenvalue weighted by Crippen LogP contribution is 2.44. The van der Waals surface area contributed by atoms with Gasteiger partial charge in [0.2, 0.25) is 0 Å². The molecule has 0 unspecified atom stereocenters. The molecular weight excluding hydrogens is 532 g/mol. The van der Waals surface area contributed by atoms with Gasteiger partial charge in [0.25, 0.3) is 0 Å². The topological polar surface area (TPSA) is 25.8 Å². The normalized spacial score (nSPS) is 11.2. The molecule has 0 fully saturated rings. The summed E-state index contributed by atoms with van der Waals surface area (Å²) >= 11 is 0. The highest BCUT2D eigenvalue weighted by Gasteiger charge is 2.17. The van der Waals surface area contributed by atoms with Crippen molar-refractivity contribution in [2.75, 3.05) is 0 Å². The number of benzene rings is 6. The van der Waals surface area contributed by atoms with Crippen LogP contribution in [0.5, 0.6) is 0 Å². The van der Waals surface area contributed by atoms with Crippen molar-refractivity contribution in [3.8, 4) is 55.9 Å². The monoisotopic (exact) mass is 560 g/mol. The maximum Gasteiger partial charge on any atom is 0.0886 e. The van der Waals surface area contributed by atoms with Gasteiger partial charge in [0.15, 0.2) is 0 Å². The first-order valence-corrected chi connectivity index (χ1v) is 14.9. The number of rotatable bonds is 5. The van der Waals surface area contributed by atoms with Crippen molar-refractivity contribution in [3.63, 3.8) is 0 Å². The Hall–Kier alpha value is -5.86. The Balaban J connectivity index is 1.26. The van der Waals surface area contributed by atoms with E-state index >= 15 is 0 Å². The summed E-state index contributed by atoms with van der Waals surface area (Å²) in [6.45, 7) is 0. The van der Waals surface area contributed by atoms with Crippen molar-refractivity contribution in [2.45, 2.75) is 0 Å². The zero-order valence-corrected chi connectivity index (χ0v) is 24.1. The molecule has 0 aliphatic rings. The summed E-state index contributed by atoms with van der Waals surface area (Å²) in [6, 6.07) is 56.1. The standard InChI is InChI=1S/C42H28N2/c1-3-11-31(12-4-1)41-35-15-7-8-16-36(35)42(32-13-5-2-6-14-32)38-27-33(22-24-37(38)41)29-18-20-30(21-19-29)34-23-25-40(44-28-34)39-17-9-10-26-43-39/h1-28H. The van der Waals surface area contributed by atoms with Crippen LogP contribution >= 0.6 is 0 Å². The average molecular weight is 561 g/mol. The predicted octanol–water partition coefficient (Wildman–Crippen LogP) is 11.1. The summed E-state index contributed by atoms with van der Waals surface area (Å²) in [5, 5.41) is 5.04. The fourth-order valence-corrected chi connectivity index (χ4v) is 6.28. The fourth-order valence-electron chi connectivity index (χ4n) is 6.28. The Kier molecular flexibility index (Phi) is 6.51. The van der Waals surface area contributed by atoms with Gasteiger partial charge < -0.3 is 0 Å². The third-order valence-corrected chi connectivity index (χ3v) is 8.39. The smallest absolute Gasteiger partial charge is 0.0886 e. The van der Waals surface area contributed by atoms with Crippen molar-refractivity contribution in [1.82, 2.24) is 9.97 Å². The second kappa shape index (κ2) is 11.1. The van der Waals surface area contributed by atoms with Crippen molar-refractivity contribution in [1.29, 1.82) is 0 Å². The van der Waals surface area contributed by atoms with Crippen LogP contribution in [-0.4, -0.2) is 9.97 Å². The molecule has 44 heavy (non-hydrogen) atoms. The van der Waals surface area contributed by atoms with Crippen molar-refractivity contribution < 1.29 is 0 Å². The summed E-state index contributed by atoms with van der Waals surface area (Å²) in [6.07, 6.45) is 3.72. The molecule has 8 rings (SSSR count). The van der Waals surface area contributed by atoms with E-state index in [4.69, 9.17) is 0 Å². The van der Waals surface area contributed by atoms with Gasteiger partial charge in [0.05, 0.1) is 11.4 Å². The number of fused-ring (bicyclic) bond motifs is 2. The molecule has 2 nitrogen and oxygen atoms in total. The minimum Gasteiger partial charge on any atom is -0.255 e. The number of hydrogen-bond donors (Lipinski definition) is 0. The highest BCUT2D eigenvalue weighted by atomic mass is 14.8. The summed E-state index contributed by atoms with van der Waals surface area (Å²) in [5.41, 5.74) is 11.4. The van der Waals surface area contributed by atoms with Crippen LogP contribution in [0.3, 0.4) is 0 Å². The van der Waals surface area contributed by atoms with Gasteiger partial charge in [-0.05, 0) is 84.8 Å². The van der Waals surface area contributed by atoms with E-state index in [1.807, 2.05) is 30.5 Å². The third kappa shape index (κ3) is 4.63. The van der Waals surface area contributed by atoms with Gasteiger partial charge in [-0.1, -0.05) is 133 Å². The zero-order valence-electron chi connectivity index (χ0n) is 24.1. The summed E-state index contributed by atoms with van der Waals surface area (Å²) in [5.74, 6) is 0. The molecule has 2 heteroatoms. The van der Waals surface area contributed by atoms with Gasteiger partial charge in [-0.2, -0.15) is 0 Å². The predicted molar refractivity (Wildman–Crippen MR) is 184 cm³/mol. The van der Waals surface area contributed by atoms with Gasteiger partial charge in [-0.15, -0.1) is 0 Å². The molecule has 0 atom stereocenters. The molecular formula is C42H28N2. The summed E-state index contributed by atoms with van der Waals surface area (Å²) in [7, 11) is 0. The van der Waals surface area contributed by atoms with E-state index in [1.54, 1.807) is 6.20 Å². The SMILES string of the molecule is c1ccc(-c2c3ccccc3c(-c3ccccc3)c3cc(-c4ccc(-c5ccc(-c6ccccn6)nc5)cc4)ccc23)cc1. The van der Waals surface area contributed by atoms with E-state index in [0.29, 0.717) is 0 Å². The minimum absolute atomic E-state index is 0.874. The van der Waals surface area contributed by atoms with E-state index in [-0.39, 0.29) is 0 Å². The molecule has 0 saturated heterocycles. The van der Waals surface area contributed by atoms with Crippen LogP contribution in [0.25, 0.3) is 77.4 Å². The van der Waals surface area contributed by atoms with E-state index in [0.717, 1.165) is 22.5 Å². The average Bonchev–Trinajstić information content (AvgIpc) is 3.11. The molecule has 0 saturated carbocycles. The van der Waals surface area contributed by atoms with E-state index in [2.05, 4.69) is 143 Å². The first-order chi connectivity index (χ1) is 21.8. The molecule has 0 bridgehead atoms. The Labute approximate surface area is 257 Å². The second-order valence-corrected chi connectivity index (χ2v) is 11.0. The van der Waals surface area contributed by atoms with Gasteiger partial charge in [-0.25, -0.2) is 0 Å². The molecule has 0 aliphatic heterocycles. The lowest BCUT2D eigenvalue weighted by Gasteiger charge is -2.18. The van der Waals surface area contributed by atoms with Crippen LogP contribution in [0.4, 0.5) is 0 Å². The van der Waals surface area contributed by atoms with Crippen LogP contribution < -0.4 is 0 Å². The largest absolute Gasteiger partial charge is 0.255 e. The molecule has 2 heterocycles. The Morgan fingerprint density at radius 1 is 0.295 bits per heavy atom. The zero-order chi connectivity index (χ0) is 29.3. The van der Waals surface area contributed by atoms with Gasteiger partial charge in [-0.3, -0.25) is 9.97 Å². The van der Waals surface area contributed by atoms with Crippen molar-refractivity contribution in [3.05, 3.63) is 170 Å². The molecule has 0 spiro atoms. The Morgan fingerprint density at radius 2 is 0.795 bits per heavy atom. The first kappa shape index (κ1) is 25.8. The minimum atomic E-state index is 0.874. The highest BCUT2D eigenvalue weighted by molar-refractivity contribution is 6.21. The molecule has 0 aliphatic carbocycles. The van der Waals surface area contributed by atoms with Crippen LogP contribution in [0.2, 0.25) is 0 Å². The molecule has 0 radical (unpaired) electrons. The van der Waals surface area contributed by atoms with Crippen LogP contribution in [0, 0.1) is 0 Å². The lowest BCUT2D eigenvalue weighted by molar-refractivity contribution is 1.25. The van der Waals surface area contributed by atoms with E-state index in [1.165, 1.54) is 54.9 Å². The number of aromatic nitrogens is 2. The molecule has 0 N–H and O–H groups in total. The molecule has 6 aromatic carbocycles. The molecule has 2 aromatic heterocycles. The van der Waals surface area contributed by atoms with Crippen molar-refractivity contribution in [2.24, 2.45) is 0 Å². The Morgan fingerprint density at radius 3 is 1.39 bits per heavy atom. The Bertz CT molecular complexity index is 2220. The first-order valence-electron chi connectivity index (χ1n) is 14.9. The lowest BCUT2D eigenvalue weighted by atomic mass is 9.85. The number of hydrogen-bond acceptors (Lipinski definition) is 2. The van der Waals surface area contributed by atoms with E-state index < -0.39 is 0 Å². The molecule has 0 amide bonds. The second-order valence-electron chi connectivity index (χ2n) is 11.0. The van der Waals surface area contributed by atoms with Gasteiger partial charge in [0.1, 0.15) is 0 Å². The maximum absolute atomic E-state index is 4.67. The lowest BCUT2D eigenvalue weighted by Crippen LogP contribution is -1.91.